The zero-order valence-electron chi connectivity index (χ0n) is 10.5. The van der Waals surface area contributed by atoms with E-state index < -0.39 is 0 Å². The van der Waals surface area contributed by atoms with Gasteiger partial charge in [0.25, 0.3) is 5.91 Å². The molecule has 0 bridgehead atoms. The summed E-state index contributed by atoms with van der Waals surface area (Å²) in [5.74, 6) is 1.01. The Labute approximate surface area is 115 Å². The molecule has 6 heteroatoms. The molecular weight excluding hydrogens is 262 g/mol. The van der Waals surface area contributed by atoms with Crippen LogP contribution < -0.4 is 0 Å². The molecule has 19 heavy (non-hydrogen) atoms. The Morgan fingerprint density at radius 3 is 2.84 bits per heavy atom. The monoisotopic (exact) mass is 277 g/mol. The van der Waals surface area contributed by atoms with Crippen LogP contribution in [-0.4, -0.2) is 46.9 Å². The molecule has 5 nitrogen and oxygen atoms in total. The van der Waals surface area contributed by atoms with Crippen LogP contribution in [0.1, 0.15) is 16.2 Å². The van der Waals surface area contributed by atoms with Crippen molar-refractivity contribution in [1.29, 1.82) is 0 Å². The van der Waals surface area contributed by atoms with Crippen molar-refractivity contribution in [2.24, 2.45) is 0 Å². The van der Waals surface area contributed by atoms with Gasteiger partial charge in [-0.2, -0.15) is 0 Å². The van der Waals surface area contributed by atoms with Crippen molar-refractivity contribution >= 4 is 17.2 Å². The molecular formula is C13H15N3O2S. The number of carbonyl (C=O) groups is 1. The van der Waals surface area contributed by atoms with Crippen LogP contribution in [0.15, 0.2) is 33.7 Å². The normalized spacial score (nSPS) is 16.7. The minimum Gasteiger partial charge on any atom is -0.468 e. The summed E-state index contributed by atoms with van der Waals surface area (Å²) in [7, 11) is 0. The molecule has 3 heterocycles. The minimum absolute atomic E-state index is 0.0406. The average Bonchev–Trinajstić information content (AvgIpc) is 3.12. The van der Waals surface area contributed by atoms with Crippen LogP contribution in [-0.2, 0) is 6.54 Å². The molecule has 0 spiro atoms. The van der Waals surface area contributed by atoms with E-state index in [0.29, 0.717) is 5.69 Å². The zero-order chi connectivity index (χ0) is 13.1. The summed E-state index contributed by atoms with van der Waals surface area (Å²) in [6.07, 6.45) is 1.69. The summed E-state index contributed by atoms with van der Waals surface area (Å²) in [5, 5.41) is 1.80. The number of nitrogens with zero attached hydrogens (tertiary/aromatic N) is 3. The molecule has 0 aliphatic carbocycles. The highest BCUT2D eigenvalue weighted by Gasteiger charge is 2.23. The smallest absolute Gasteiger partial charge is 0.273 e. The van der Waals surface area contributed by atoms with Crippen molar-refractivity contribution in [3.05, 3.63) is 40.7 Å². The van der Waals surface area contributed by atoms with Crippen molar-refractivity contribution in [1.82, 2.24) is 14.8 Å². The highest BCUT2D eigenvalue weighted by molar-refractivity contribution is 7.07. The van der Waals surface area contributed by atoms with Gasteiger partial charge in [0.1, 0.15) is 11.5 Å². The number of hydrogen-bond donors (Lipinski definition) is 0. The van der Waals surface area contributed by atoms with E-state index in [2.05, 4.69) is 9.88 Å². The van der Waals surface area contributed by atoms with E-state index in [-0.39, 0.29) is 5.91 Å². The number of hydrogen-bond acceptors (Lipinski definition) is 5. The third-order valence-electron chi connectivity index (χ3n) is 3.27. The molecule has 1 amide bonds. The van der Waals surface area contributed by atoms with E-state index in [1.807, 2.05) is 17.0 Å². The van der Waals surface area contributed by atoms with Crippen LogP contribution in [0, 0.1) is 0 Å². The van der Waals surface area contributed by atoms with Crippen LogP contribution in [0.3, 0.4) is 0 Å². The molecule has 0 saturated carbocycles. The fourth-order valence-electron chi connectivity index (χ4n) is 2.21. The molecule has 1 fully saturated rings. The molecule has 2 aromatic rings. The van der Waals surface area contributed by atoms with E-state index in [9.17, 15) is 4.79 Å². The third-order valence-corrected chi connectivity index (χ3v) is 3.86. The highest BCUT2D eigenvalue weighted by Crippen LogP contribution is 2.12. The van der Waals surface area contributed by atoms with E-state index in [0.717, 1.165) is 38.5 Å². The van der Waals surface area contributed by atoms with Crippen LogP contribution in [0.4, 0.5) is 0 Å². The Bertz CT molecular complexity index is 516. The van der Waals surface area contributed by atoms with Crippen molar-refractivity contribution in [3.8, 4) is 0 Å². The lowest BCUT2D eigenvalue weighted by atomic mass is 10.2. The maximum absolute atomic E-state index is 12.1. The number of carbonyl (C=O) groups excluding carboxylic acids is 1. The summed E-state index contributed by atoms with van der Waals surface area (Å²) in [6.45, 7) is 4.05. The van der Waals surface area contributed by atoms with Gasteiger partial charge in [0.05, 0.1) is 18.3 Å². The maximum atomic E-state index is 12.1. The molecule has 0 aromatic carbocycles. The summed E-state index contributed by atoms with van der Waals surface area (Å²) >= 11 is 1.45. The van der Waals surface area contributed by atoms with Gasteiger partial charge >= 0.3 is 0 Å². The standard InChI is InChI=1S/C13H15N3O2S/c17-13(12-9-19-10-14-12)16-5-3-15(4-6-16)8-11-2-1-7-18-11/h1-2,7,9-10H,3-6,8H2. The predicted octanol–water partition coefficient (Wildman–Crippen LogP) is 1.69. The zero-order valence-corrected chi connectivity index (χ0v) is 11.3. The first-order valence-corrected chi connectivity index (χ1v) is 7.19. The number of furan rings is 1. The first-order chi connectivity index (χ1) is 9.33. The van der Waals surface area contributed by atoms with Gasteiger partial charge in [-0.05, 0) is 12.1 Å². The Balaban J connectivity index is 1.53. The predicted molar refractivity (Wildman–Crippen MR) is 72.0 cm³/mol. The van der Waals surface area contributed by atoms with Gasteiger partial charge in [-0.25, -0.2) is 4.98 Å². The summed E-state index contributed by atoms with van der Waals surface area (Å²) in [6, 6.07) is 3.88. The minimum atomic E-state index is 0.0406. The Morgan fingerprint density at radius 2 is 2.21 bits per heavy atom. The third kappa shape index (κ3) is 2.85. The topological polar surface area (TPSA) is 49.6 Å². The van der Waals surface area contributed by atoms with Crippen molar-refractivity contribution in [2.45, 2.75) is 6.54 Å². The van der Waals surface area contributed by atoms with Crippen molar-refractivity contribution < 1.29 is 9.21 Å². The molecule has 100 valence electrons. The van der Waals surface area contributed by atoms with Gasteiger partial charge in [0.2, 0.25) is 0 Å². The number of amides is 1. The van der Waals surface area contributed by atoms with Crippen LogP contribution in [0.2, 0.25) is 0 Å². The molecule has 0 atom stereocenters. The van der Waals surface area contributed by atoms with Crippen LogP contribution in [0.25, 0.3) is 0 Å². The van der Waals surface area contributed by atoms with E-state index in [1.54, 1.807) is 17.2 Å². The Morgan fingerprint density at radius 1 is 1.37 bits per heavy atom. The number of piperazine rings is 1. The lowest BCUT2D eigenvalue weighted by molar-refractivity contribution is 0.0615. The summed E-state index contributed by atoms with van der Waals surface area (Å²) < 4.78 is 5.34. The molecule has 0 unspecified atom stereocenters. The SMILES string of the molecule is O=C(c1cscn1)N1CCN(Cc2ccco2)CC1. The lowest BCUT2D eigenvalue weighted by Gasteiger charge is -2.33. The van der Waals surface area contributed by atoms with Gasteiger partial charge in [0.15, 0.2) is 0 Å². The van der Waals surface area contributed by atoms with Gasteiger partial charge in [-0.15, -0.1) is 11.3 Å². The summed E-state index contributed by atoms with van der Waals surface area (Å²) in [5.41, 5.74) is 2.25. The summed E-state index contributed by atoms with van der Waals surface area (Å²) in [4.78, 5) is 20.4. The largest absolute Gasteiger partial charge is 0.468 e. The number of aromatic nitrogens is 1. The average molecular weight is 277 g/mol. The van der Waals surface area contributed by atoms with E-state index in [1.165, 1.54) is 11.3 Å². The van der Waals surface area contributed by atoms with Crippen LogP contribution >= 0.6 is 11.3 Å². The fourth-order valence-corrected chi connectivity index (χ4v) is 2.74. The first kappa shape index (κ1) is 12.4. The van der Waals surface area contributed by atoms with Crippen molar-refractivity contribution in [3.63, 3.8) is 0 Å². The highest BCUT2D eigenvalue weighted by atomic mass is 32.1. The molecule has 1 aliphatic heterocycles. The molecule has 1 aliphatic rings. The maximum Gasteiger partial charge on any atom is 0.273 e. The second-order valence-electron chi connectivity index (χ2n) is 4.52. The lowest BCUT2D eigenvalue weighted by Crippen LogP contribution is -2.48. The van der Waals surface area contributed by atoms with Gasteiger partial charge < -0.3 is 9.32 Å². The Kier molecular flexibility index (Phi) is 3.61. The fraction of sp³-hybridized carbons (Fsp3) is 0.385. The van der Waals surface area contributed by atoms with Gasteiger partial charge in [-0.3, -0.25) is 9.69 Å². The number of thiazole rings is 1. The molecule has 2 aromatic heterocycles. The number of rotatable bonds is 3. The first-order valence-electron chi connectivity index (χ1n) is 6.25. The quantitative estimate of drug-likeness (QED) is 0.856. The van der Waals surface area contributed by atoms with Gasteiger partial charge in [-0.1, -0.05) is 0 Å². The Hall–Kier alpha value is -1.66. The molecule has 3 rings (SSSR count). The van der Waals surface area contributed by atoms with E-state index in [4.69, 9.17) is 4.42 Å². The van der Waals surface area contributed by atoms with Gasteiger partial charge in [0, 0.05) is 31.6 Å². The van der Waals surface area contributed by atoms with Crippen LogP contribution in [0.5, 0.6) is 0 Å². The second kappa shape index (κ2) is 5.54. The van der Waals surface area contributed by atoms with Crippen molar-refractivity contribution in [2.75, 3.05) is 26.2 Å². The molecule has 1 saturated heterocycles. The molecule has 0 N–H and O–H groups in total. The molecule has 0 radical (unpaired) electrons. The van der Waals surface area contributed by atoms with E-state index >= 15 is 0 Å². The second-order valence-corrected chi connectivity index (χ2v) is 5.24.